The second-order valence-electron chi connectivity index (χ2n) is 20.9. The van der Waals surface area contributed by atoms with Crippen LogP contribution in [0.5, 0.6) is 0 Å². The van der Waals surface area contributed by atoms with E-state index in [0.29, 0.717) is 32.2 Å². The highest BCUT2D eigenvalue weighted by Gasteiger charge is 2.41. The van der Waals surface area contributed by atoms with Gasteiger partial charge in [-0.15, -0.1) is 0 Å². The summed E-state index contributed by atoms with van der Waals surface area (Å²) in [5, 5.41) is 62.9. The Hall–Kier alpha value is -6.37. The molecule has 1 saturated heterocycles. The molecule has 1 heterocycles. The largest absolute Gasteiger partial charge is 0.480 e. The molecular formula is C51H92N14O15S. The zero-order valence-corrected chi connectivity index (χ0v) is 49.0. The molecule has 0 aromatic carbocycles. The number of aliphatic hydroxyl groups excluding tert-OH is 3. The number of unbranched alkanes of at least 4 members (excludes halogenated alkanes) is 1. The van der Waals surface area contributed by atoms with Crippen molar-refractivity contribution in [2.24, 2.45) is 39.9 Å². The molecule has 19 N–H and O–H groups in total. The van der Waals surface area contributed by atoms with Crippen LogP contribution in [0.25, 0.3) is 0 Å². The van der Waals surface area contributed by atoms with Gasteiger partial charge < -0.3 is 90.4 Å². The lowest BCUT2D eigenvalue weighted by atomic mass is 9.97. The van der Waals surface area contributed by atoms with E-state index in [-0.39, 0.29) is 69.2 Å². The van der Waals surface area contributed by atoms with E-state index >= 15 is 0 Å². The number of amides is 10. The van der Waals surface area contributed by atoms with Crippen molar-refractivity contribution in [1.29, 1.82) is 0 Å². The van der Waals surface area contributed by atoms with E-state index in [1.165, 1.54) is 23.6 Å². The van der Waals surface area contributed by atoms with Crippen LogP contribution in [0, 0.1) is 17.8 Å². The molecule has 0 aromatic rings. The number of guanidine groups is 1. The number of carbonyl (C=O) groups is 11. The standard InChI is InChI=1S/C51H92N14O15S/c1-10-28(6)39(47(76)61-35(24-66)43(72)57-32(18-22-81-9)41(70)60-36(25-67)44(73)64-40(29(7)68)48(77)59-34(50(79)80)23-26(2)3)63-45(74)37-17-14-21-65(37)49(78)33(16-13-20-55-51(53)54)58-46(75)38(27(4)5)62-42(71)31(56-30(8)69)15-11-12-19-52/h26-29,31-40,66-68H,10-25,52H2,1-9H3,(H,56,69)(H,57,72)(H,58,75)(H,59,77)(H,60,70)(H,61,76)(H,62,71)(H,63,74)(H,64,73)(H,79,80)(H4,53,54,55)/t28-,29+,31-,32-,33-,34-,35-,36-,37+,38-,39-,40-/m0/s1. The van der Waals surface area contributed by atoms with Gasteiger partial charge in [-0.1, -0.05) is 48.0 Å². The van der Waals surface area contributed by atoms with Crippen LogP contribution in [0.2, 0.25) is 0 Å². The summed E-state index contributed by atoms with van der Waals surface area (Å²) in [5.74, 6) is -10.9. The Labute approximate surface area is 478 Å². The lowest BCUT2D eigenvalue weighted by Gasteiger charge is -2.32. The molecule has 0 aromatic heterocycles. The number of thioether (sulfide) groups is 1. The molecule has 0 saturated carbocycles. The van der Waals surface area contributed by atoms with Crippen LogP contribution >= 0.6 is 11.8 Å². The summed E-state index contributed by atoms with van der Waals surface area (Å²) in [6.45, 7) is 11.1. The third kappa shape index (κ3) is 25.5. The van der Waals surface area contributed by atoms with E-state index in [0.717, 1.165) is 6.92 Å². The van der Waals surface area contributed by atoms with Crippen LogP contribution < -0.4 is 65.1 Å². The topological polar surface area (TPSA) is 471 Å². The lowest BCUT2D eigenvalue weighted by Crippen LogP contribution is -2.62. The predicted octanol–water partition coefficient (Wildman–Crippen LogP) is -4.51. The number of aliphatic hydroxyl groups is 3. The maximum Gasteiger partial charge on any atom is 0.326 e. The first-order chi connectivity index (χ1) is 38.1. The van der Waals surface area contributed by atoms with Crippen molar-refractivity contribution in [1.82, 2.24) is 52.8 Å². The van der Waals surface area contributed by atoms with Gasteiger partial charge in [0.15, 0.2) is 5.96 Å². The van der Waals surface area contributed by atoms with Crippen molar-refractivity contribution in [3.8, 4) is 0 Å². The number of aliphatic imine (C=N–C) groups is 1. The Balaban J connectivity index is 3.37. The fraction of sp³-hybridized carbons (Fsp3) is 0.765. The molecule has 30 heteroatoms. The second kappa shape index (κ2) is 37.6. The maximum absolute atomic E-state index is 14.5. The van der Waals surface area contributed by atoms with Gasteiger partial charge in [0.05, 0.1) is 19.3 Å². The lowest BCUT2D eigenvalue weighted by molar-refractivity contribution is -0.143. The third-order valence-electron chi connectivity index (χ3n) is 13.3. The summed E-state index contributed by atoms with van der Waals surface area (Å²) in [7, 11) is 0. The van der Waals surface area contributed by atoms with Gasteiger partial charge in [0.1, 0.15) is 60.4 Å². The number of hydrogen-bond acceptors (Lipinski definition) is 17. The average molecular weight is 1170 g/mol. The van der Waals surface area contributed by atoms with E-state index in [4.69, 9.17) is 17.2 Å². The summed E-state index contributed by atoms with van der Waals surface area (Å²) in [5.41, 5.74) is 16.7. The molecular weight excluding hydrogens is 1080 g/mol. The minimum absolute atomic E-state index is 0.000631. The van der Waals surface area contributed by atoms with Gasteiger partial charge in [-0.25, -0.2) is 4.79 Å². The Morgan fingerprint density at radius 1 is 0.630 bits per heavy atom. The van der Waals surface area contributed by atoms with E-state index in [1.807, 2.05) is 0 Å². The van der Waals surface area contributed by atoms with E-state index < -0.39 is 157 Å². The van der Waals surface area contributed by atoms with Gasteiger partial charge in [0.2, 0.25) is 59.1 Å². The summed E-state index contributed by atoms with van der Waals surface area (Å²) >= 11 is 1.28. The first-order valence-corrected chi connectivity index (χ1v) is 28.9. The molecule has 0 aliphatic carbocycles. The summed E-state index contributed by atoms with van der Waals surface area (Å²) < 4.78 is 0. The first kappa shape index (κ1) is 72.6. The number of nitrogens with zero attached hydrogens (tertiary/aromatic N) is 2. The number of carboxylic acids is 1. The molecule has 81 heavy (non-hydrogen) atoms. The zero-order valence-electron chi connectivity index (χ0n) is 48.2. The molecule has 462 valence electrons. The van der Waals surface area contributed by atoms with E-state index in [1.54, 1.807) is 47.8 Å². The first-order valence-electron chi connectivity index (χ1n) is 27.5. The van der Waals surface area contributed by atoms with Crippen LogP contribution in [0.4, 0.5) is 0 Å². The van der Waals surface area contributed by atoms with E-state index in [9.17, 15) is 73.2 Å². The number of rotatable bonds is 38. The molecule has 10 amide bonds. The summed E-state index contributed by atoms with van der Waals surface area (Å²) in [6, 6.07) is -13.8. The summed E-state index contributed by atoms with van der Waals surface area (Å²) in [4.78, 5) is 153. The van der Waals surface area contributed by atoms with Crippen molar-refractivity contribution in [2.45, 2.75) is 186 Å². The fourth-order valence-corrected chi connectivity index (χ4v) is 9.06. The molecule has 1 aliphatic rings. The van der Waals surface area contributed by atoms with Crippen LogP contribution in [-0.2, 0) is 52.7 Å². The smallest absolute Gasteiger partial charge is 0.326 e. The number of aliphatic carboxylic acids is 1. The number of likely N-dealkylation sites (tertiary alicyclic amines) is 1. The second-order valence-corrected chi connectivity index (χ2v) is 21.9. The number of nitrogens with one attached hydrogen (secondary N) is 9. The maximum atomic E-state index is 14.5. The number of carbonyl (C=O) groups excluding carboxylic acids is 10. The van der Waals surface area contributed by atoms with Crippen LogP contribution in [0.1, 0.15) is 120 Å². The molecule has 0 unspecified atom stereocenters. The molecule has 0 bridgehead atoms. The third-order valence-corrected chi connectivity index (χ3v) is 14.0. The van der Waals surface area contributed by atoms with Gasteiger partial charge in [-0.3, -0.25) is 52.9 Å². The molecule has 1 rings (SSSR count). The summed E-state index contributed by atoms with van der Waals surface area (Å²) in [6.07, 6.45) is 2.51. The molecule has 1 aliphatic heterocycles. The van der Waals surface area contributed by atoms with Crippen molar-refractivity contribution in [3.05, 3.63) is 0 Å². The predicted molar refractivity (Wildman–Crippen MR) is 301 cm³/mol. The minimum Gasteiger partial charge on any atom is -0.480 e. The quantitative estimate of drug-likeness (QED) is 0.0157. The normalized spacial score (nSPS) is 17.2. The monoisotopic (exact) mass is 1170 g/mol. The molecule has 1 fully saturated rings. The number of nitrogens with two attached hydrogens (primary N) is 3. The minimum atomic E-state index is -1.75. The Morgan fingerprint density at radius 2 is 1.12 bits per heavy atom. The average Bonchev–Trinajstić information content (AvgIpc) is 3.93. The zero-order chi connectivity index (χ0) is 61.7. The highest BCUT2D eigenvalue weighted by atomic mass is 32.2. The highest BCUT2D eigenvalue weighted by Crippen LogP contribution is 2.22. The molecule has 0 radical (unpaired) electrons. The van der Waals surface area contributed by atoms with Crippen LogP contribution in [-0.4, -0.2) is 208 Å². The van der Waals surface area contributed by atoms with Gasteiger partial charge in [-0.2, -0.15) is 11.8 Å². The molecule has 0 spiro atoms. The van der Waals surface area contributed by atoms with E-state index in [2.05, 4.69) is 52.8 Å². The van der Waals surface area contributed by atoms with Crippen LogP contribution in [0.15, 0.2) is 4.99 Å². The molecule has 29 nitrogen and oxygen atoms in total. The van der Waals surface area contributed by atoms with Gasteiger partial charge in [-0.05, 0) is 101 Å². The fourth-order valence-electron chi connectivity index (χ4n) is 8.59. The van der Waals surface area contributed by atoms with Crippen molar-refractivity contribution in [3.63, 3.8) is 0 Å². The van der Waals surface area contributed by atoms with Gasteiger partial charge in [0.25, 0.3) is 0 Å². The Bertz CT molecular complexity index is 2130. The Morgan fingerprint density at radius 3 is 1.64 bits per heavy atom. The Kier molecular flexibility index (Phi) is 33.7. The highest BCUT2D eigenvalue weighted by molar-refractivity contribution is 7.98. The SMILES string of the molecule is CC[C@H](C)[C@H](NC(=O)[C@H]1CCCN1C(=O)[C@H](CCCN=C(N)N)NC(=O)[C@@H](NC(=O)[C@H](CCCCN)NC(C)=O)C(C)C)C(=O)N[C@@H](CO)C(=O)N[C@@H](CCSC)C(=O)N[C@@H](CO)C(=O)N[C@H](C(=O)N[C@@H](CC(C)C)C(=O)O)[C@@H](C)O. The van der Waals surface area contributed by atoms with Gasteiger partial charge in [0, 0.05) is 20.0 Å². The van der Waals surface area contributed by atoms with Crippen molar-refractivity contribution >= 4 is 82.8 Å². The molecule has 12 atom stereocenters. The van der Waals surface area contributed by atoms with Crippen LogP contribution in [0.3, 0.4) is 0 Å². The van der Waals surface area contributed by atoms with Crippen molar-refractivity contribution in [2.75, 3.05) is 44.9 Å². The van der Waals surface area contributed by atoms with Gasteiger partial charge >= 0.3 is 5.97 Å². The van der Waals surface area contributed by atoms with Crippen molar-refractivity contribution < 1.29 is 73.2 Å². The number of carboxylic acid groups (broad SMARTS) is 1. The number of hydrogen-bond donors (Lipinski definition) is 16.